The van der Waals surface area contributed by atoms with Crippen LogP contribution in [0.2, 0.25) is 0 Å². The lowest BCUT2D eigenvalue weighted by Crippen LogP contribution is -2.39. The van der Waals surface area contributed by atoms with Crippen molar-refractivity contribution in [2.75, 3.05) is 20.2 Å². The molecule has 0 amide bonds. The second-order valence-corrected chi connectivity index (χ2v) is 7.31. The molecule has 0 aliphatic heterocycles. The fraction of sp³-hybridized carbons (Fsp3) is 0.619. The van der Waals surface area contributed by atoms with Crippen LogP contribution in [0.25, 0.3) is 5.65 Å². The van der Waals surface area contributed by atoms with Gasteiger partial charge < -0.3 is 19.8 Å². The predicted octanol–water partition coefficient (Wildman–Crippen LogP) is 3.29. The fourth-order valence-corrected chi connectivity index (χ4v) is 4.01. The highest BCUT2D eigenvalue weighted by Crippen LogP contribution is 2.30. The lowest BCUT2D eigenvalue weighted by molar-refractivity contribution is 0.0169. The molecule has 0 bridgehead atoms. The highest BCUT2D eigenvalue weighted by molar-refractivity contribution is 5.79. The van der Waals surface area contributed by atoms with Crippen molar-refractivity contribution in [2.45, 2.75) is 58.6 Å². The Hall–Kier alpha value is -2.08. The van der Waals surface area contributed by atoms with Crippen LogP contribution in [0.4, 0.5) is 0 Å². The molecule has 1 saturated carbocycles. The minimum Gasteiger partial charge on any atom is -0.378 e. The maximum Gasteiger partial charge on any atom is 0.191 e. The standard InChI is InChI=1S/C21H33N5O/c1-4-27-19(17-9-5-6-10-17)12-13-23-21(22-3)24-14-18-15-26-16(2)8-7-11-20(26)25-18/h7-8,11,15,17,19H,4-6,9-10,12-14H2,1-3H3,(H2,22,23,24). The van der Waals surface area contributed by atoms with Crippen LogP contribution in [0.1, 0.15) is 50.4 Å². The third kappa shape index (κ3) is 5.22. The Kier molecular flexibility index (Phi) is 7.10. The average molecular weight is 372 g/mol. The summed E-state index contributed by atoms with van der Waals surface area (Å²) < 4.78 is 8.12. The Labute approximate surface area is 162 Å². The van der Waals surface area contributed by atoms with E-state index in [9.17, 15) is 0 Å². The van der Waals surface area contributed by atoms with E-state index < -0.39 is 0 Å². The Morgan fingerprint density at radius 1 is 1.33 bits per heavy atom. The SMILES string of the molecule is CCOC(CCNC(=NC)NCc1cn2c(C)cccc2n1)C1CCCC1. The lowest BCUT2D eigenvalue weighted by Gasteiger charge is -2.24. The Morgan fingerprint density at radius 3 is 2.85 bits per heavy atom. The molecule has 0 saturated heterocycles. The summed E-state index contributed by atoms with van der Waals surface area (Å²) in [4.78, 5) is 9.00. The molecule has 0 aromatic carbocycles. The maximum atomic E-state index is 6.00. The first kappa shape index (κ1) is 19.7. The van der Waals surface area contributed by atoms with Gasteiger partial charge in [-0.15, -0.1) is 0 Å². The molecule has 1 atom stereocenters. The maximum absolute atomic E-state index is 6.00. The number of fused-ring (bicyclic) bond motifs is 1. The van der Waals surface area contributed by atoms with Crippen LogP contribution in [0.3, 0.4) is 0 Å². The van der Waals surface area contributed by atoms with Gasteiger partial charge in [-0.2, -0.15) is 0 Å². The van der Waals surface area contributed by atoms with Crippen molar-refractivity contribution in [1.82, 2.24) is 20.0 Å². The van der Waals surface area contributed by atoms with Gasteiger partial charge in [-0.25, -0.2) is 4.98 Å². The zero-order valence-corrected chi connectivity index (χ0v) is 16.9. The van der Waals surface area contributed by atoms with Crippen LogP contribution in [0, 0.1) is 12.8 Å². The molecular weight excluding hydrogens is 338 g/mol. The second kappa shape index (κ2) is 9.74. The molecule has 6 nitrogen and oxygen atoms in total. The average Bonchev–Trinajstić information content (AvgIpc) is 3.34. The monoisotopic (exact) mass is 371 g/mol. The first-order chi connectivity index (χ1) is 13.2. The summed E-state index contributed by atoms with van der Waals surface area (Å²) >= 11 is 0. The number of nitrogens with zero attached hydrogens (tertiary/aromatic N) is 3. The van der Waals surface area contributed by atoms with Crippen molar-refractivity contribution in [3.63, 3.8) is 0 Å². The summed E-state index contributed by atoms with van der Waals surface area (Å²) in [5, 5.41) is 6.79. The van der Waals surface area contributed by atoms with Crippen molar-refractivity contribution >= 4 is 11.6 Å². The van der Waals surface area contributed by atoms with Crippen LogP contribution in [0.5, 0.6) is 0 Å². The number of guanidine groups is 1. The normalized spacial score (nSPS) is 16.8. The van der Waals surface area contributed by atoms with E-state index in [1.165, 1.54) is 31.4 Å². The van der Waals surface area contributed by atoms with E-state index in [0.717, 1.165) is 42.8 Å². The molecular formula is C21H33N5O. The van der Waals surface area contributed by atoms with Gasteiger partial charge in [-0.05, 0) is 51.2 Å². The molecule has 1 aliphatic carbocycles. The van der Waals surface area contributed by atoms with Gasteiger partial charge in [0.15, 0.2) is 5.96 Å². The second-order valence-electron chi connectivity index (χ2n) is 7.31. The summed E-state index contributed by atoms with van der Waals surface area (Å²) in [6.07, 6.45) is 8.79. The number of hydrogen-bond donors (Lipinski definition) is 2. The molecule has 3 rings (SSSR count). The number of ether oxygens (including phenoxy) is 1. The van der Waals surface area contributed by atoms with Gasteiger partial charge >= 0.3 is 0 Å². The zero-order chi connectivity index (χ0) is 19.1. The Balaban J connectivity index is 1.47. The van der Waals surface area contributed by atoms with E-state index in [4.69, 9.17) is 4.74 Å². The van der Waals surface area contributed by atoms with E-state index in [2.05, 4.69) is 51.1 Å². The number of pyridine rings is 1. The Morgan fingerprint density at radius 2 is 2.15 bits per heavy atom. The Bertz CT molecular complexity index is 748. The molecule has 1 unspecified atom stereocenters. The van der Waals surface area contributed by atoms with Crippen molar-refractivity contribution in [3.05, 3.63) is 35.8 Å². The summed E-state index contributed by atoms with van der Waals surface area (Å²) in [5.74, 6) is 1.54. The first-order valence-electron chi connectivity index (χ1n) is 10.2. The number of aliphatic imine (C=N–C) groups is 1. The summed E-state index contributed by atoms with van der Waals surface area (Å²) in [6.45, 7) is 6.49. The molecule has 2 heterocycles. The lowest BCUT2D eigenvalue weighted by atomic mass is 9.98. The van der Waals surface area contributed by atoms with Crippen LogP contribution < -0.4 is 10.6 Å². The molecule has 1 aliphatic rings. The fourth-order valence-electron chi connectivity index (χ4n) is 4.01. The molecule has 1 fully saturated rings. The molecule has 148 valence electrons. The van der Waals surface area contributed by atoms with Crippen molar-refractivity contribution in [3.8, 4) is 0 Å². The van der Waals surface area contributed by atoms with Gasteiger partial charge in [0, 0.05) is 32.1 Å². The van der Waals surface area contributed by atoms with Crippen molar-refractivity contribution in [1.29, 1.82) is 0 Å². The number of rotatable bonds is 8. The van der Waals surface area contributed by atoms with Crippen LogP contribution in [-0.2, 0) is 11.3 Å². The van der Waals surface area contributed by atoms with E-state index in [0.29, 0.717) is 12.6 Å². The number of imidazole rings is 1. The van der Waals surface area contributed by atoms with Gasteiger partial charge in [0.05, 0.1) is 18.3 Å². The van der Waals surface area contributed by atoms with Crippen LogP contribution >= 0.6 is 0 Å². The number of nitrogens with one attached hydrogen (secondary N) is 2. The van der Waals surface area contributed by atoms with E-state index in [1.54, 1.807) is 7.05 Å². The van der Waals surface area contributed by atoms with Gasteiger partial charge in [0.1, 0.15) is 5.65 Å². The van der Waals surface area contributed by atoms with Crippen molar-refractivity contribution < 1.29 is 4.74 Å². The van der Waals surface area contributed by atoms with Gasteiger partial charge in [-0.3, -0.25) is 4.99 Å². The summed E-state index contributed by atoms with van der Waals surface area (Å²) in [5.41, 5.74) is 3.17. The van der Waals surface area contributed by atoms with E-state index >= 15 is 0 Å². The number of hydrogen-bond acceptors (Lipinski definition) is 3. The number of aromatic nitrogens is 2. The van der Waals surface area contributed by atoms with Gasteiger partial charge in [-0.1, -0.05) is 18.9 Å². The first-order valence-corrected chi connectivity index (χ1v) is 10.2. The molecule has 2 N–H and O–H groups in total. The minimum atomic E-state index is 0.365. The molecule has 2 aromatic rings. The minimum absolute atomic E-state index is 0.365. The highest BCUT2D eigenvalue weighted by Gasteiger charge is 2.25. The third-order valence-electron chi connectivity index (χ3n) is 5.43. The molecule has 6 heteroatoms. The van der Waals surface area contributed by atoms with Gasteiger partial charge in [0.25, 0.3) is 0 Å². The smallest absolute Gasteiger partial charge is 0.191 e. The molecule has 0 spiro atoms. The quantitative estimate of drug-likeness (QED) is 0.552. The highest BCUT2D eigenvalue weighted by atomic mass is 16.5. The largest absolute Gasteiger partial charge is 0.378 e. The van der Waals surface area contributed by atoms with E-state index in [1.807, 2.05) is 12.1 Å². The van der Waals surface area contributed by atoms with E-state index in [-0.39, 0.29) is 0 Å². The summed E-state index contributed by atoms with van der Waals surface area (Å²) in [6, 6.07) is 6.15. The molecule has 0 radical (unpaired) electrons. The van der Waals surface area contributed by atoms with Crippen LogP contribution in [-0.4, -0.2) is 41.6 Å². The van der Waals surface area contributed by atoms with Gasteiger partial charge in [0.2, 0.25) is 0 Å². The van der Waals surface area contributed by atoms with Crippen molar-refractivity contribution in [2.24, 2.45) is 10.9 Å². The molecule has 2 aromatic heterocycles. The van der Waals surface area contributed by atoms with Crippen LogP contribution in [0.15, 0.2) is 29.4 Å². The number of aryl methyl sites for hydroxylation is 1. The topological polar surface area (TPSA) is 63.0 Å². The molecule has 27 heavy (non-hydrogen) atoms. The summed E-state index contributed by atoms with van der Waals surface area (Å²) in [7, 11) is 1.81. The third-order valence-corrected chi connectivity index (χ3v) is 5.43. The predicted molar refractivity (Wildman–Crippen MR) is 110 cm³/mol. The zero-order valence-electron chi connectivity index (χ0n) is 16.9.